The minimum atomic E-state index is -4.57. The molecule has 4 amide bonds. The van der Waals surface area contributed by atoms with Crippen LogP contribution in [0.25, 0.3) is 44.6 Å². The van der Waals surface area contributed by atoms with Crippen LogP contribution in [0.2, 0.25) is 0 Å². The molecule has 4 aromatic heterocycles. The van der Waals surface area contributed by atoms with Crippen molar-refractivity contribution >= 4 is 68.5 Å². The van der Waals surface area contributed by atoms with Crippen LogP contribution in [0.5, 0.6) is 0 Å². The Balaban J connectivity index is 0.000000200. The molecule has 0 fully saturated rings. The van der Waals surface area contributed by atoms with Gasteiger partial charge in [-0.3, -0.25) is 0 Å². The predicted octanol–water partition coefficient (Wildman–Crippen LogP) is 10.7. The second-order valence-electron chi connectivity index (χ2n) is 15.7. The van der Waals surface area contributed by atoms with Gasteiger partial charge in [-0.05, 0) is 101 Å². The first kappa shape index (κ1) is 46.7. The number of anilines is 6. The number of nitrogens with one attached hydrogen (secondary N) is 4. The number of hydrogen-bond acceptors (Lipinski definition) is 10. The van der Waals surface area contributed by atoms with Crippen molar-refractivity contribution in [1.29, 1.82) is 0 Å². The number of alkyl halides is 3. The SMILES string of the molecule is Cc1ccc(F)c(NC(=O)Nc2ccc(-c3nn(C(C)C)c4ncnc(N)c34)cc2F)c1.Cc1ccc(NC(=O)Nc2ccc(-c3nn(C(C)C)c4ncnc(N)c34)cc2F)cc1C(F)(F)F. The molecule has 0 saturated heterocycles. The third-order valence-electron chi connectivity index (χ3n) is 10.2. The zero-order chi connectivity index (χ0) is 48.5. The van der Waals surface area contributed by atoms with Crippen LogP contribution in [0.1, 0.15) is 56.5 Å². The molecule has 0 unspecified atom stereocenters. The maximum atomic E-state index is 14.9. The van der Waals surface area contributed by atoms with Gasteiger partial charge in [0.25, 0.3) is 0 Å². The second-order valence-corrected chi connectivity index (χ2v) is 15.7. The van der Waals surface area contributed by atoms with Crippen LogP contribution in [-0.2, 0) is 6.18 Å². The van der Waals surface area contributed by atoms with Crippen LogP contribution in [-0.4, -0.2) is 51.6 Å². The van der Waals surface area contributed by atoms with Crippen molar-refractivity contribution in [2.45, 2.75) is 59.8 Å². The van der Waals surface area contributed by atoms with Crippen molar-refractivity contribution < 1.29 is 35.9 Å². The molecule has 0 aliphatic carbocycles. The highest BCUT2D eigenvalue weighted by Gasteiger charge is 2.32. The van der Waals surface area contributed by atoms with Crippen molar-refractivity contribution in [2.24, 2.45) is 0 Å². The number of nitrogens with two attached hydrogens (primary N) is 2. The van der Waals surface area contributed by atoms with Crippen molar-refractivity contribution in [3.05, 3.63) is 120 Å². The topological polar surface area (TPSA) is 221 Å². The summed E-state index contributed by atoms with van der Waals surface area (Å²) in [5.41, 5.74) is 14.3. The zero-order valence-corrected chi connectivity index (χ0v) is 36.6. The first-order valence-corrected chi connectivity index (χ1v) is 20.4. The lowest BCUT2D eigenvalue weighted by Crippen LogP contribution is -2.20. The van der Waals surface area contributed by atoms with Crippen molar-refractivity contribution in [2.75, 3.05) is 32.7 Å². The molecule has 4 heterocycles. The highest BCUT2D eigenvalue weighted by Crippen LogP contribution is 2.36. The van der Waals surface area contributed by atoms with Gasteiger partial charge in [-0.15, -0.1) is 0 Å². The van der Waals surface area contributed by atoms with E-state index in [9.17, 15) is 35.9 Å². The zero-order valence-electron chi connectivity index (χ0n) is 36.6. The van der Waals surface area contributed by atoms with E-state index in [1.165, 1.54) is 74.2 Å². The van der Waals surface area contributed by atoms with Crippen molar-refractivity contribution in [3.8, 4) is 22.5 Å². The largest absolute Gasteiger partial charge is 0.416 e. The average Bonchev–Trinajstić information content (AvgIpc) is 3.86. The average molecular weight is 925 g/mol. The molecule has 0 aliphatic rings. The summed E-state index contributed by atoms with van der Waals surface area (Å²) >= 11 is 0. The van der Waals surface area contributed by atoms with Crippen LogP contribution >= 0.6 is 0 Å². The molecule has 0 bridgehead atoms. The van der Waals surface area contributed by atoms with Gasteiger partial charge in [0, 0.05) is 28.9 Å². The van der Waals surface area contributed by atoms with E-state index in [-0.39, 0.29) is 52.0 Å². The lowest BCUT2D eigenvalue weighted by atomic mass is 10.1. The van der Waals surface area contributed by atoms with Crippen LogP contribution in [0, 0.1) is 31.3 Å². The number of nitrogens with zero attached hydrogens (tertiary/aromatic N) is 8. The molecule has 0 atom stereocenters. The molecular formula is C45H42F6N14O2. The number of hydrogen-bond donors (Lipinski definition) is 6. The molecule has 67 heavy (non-hydrogen) atoms. The Morgan fingerprint density at radius 2 is 1.06 bits per heavy atom. The maximum absolute atomic E-state index is 14.9. The summed E-state index contributed by atoms with van der Waals surface area (Å²) in [6.45, 7) is 10.8. The van der Waals surface area contributed by atoms with E-state index in [1.807, 2.05) is 27.7 Å². The van der Waals surface area contributed by atoms with Gasteiger partial charge in [0.05, 0.1) is 33.4 Å². The number of benzene rings is 4. The first-order valence-electron chi connectivity index (χ1n) is 20.4. The normalized spacial score (nSPS) is 11.5. The monoisotopic (exact) mass is 924 g/mol. The van der Waals surface area contributed by atoms with Crippen molar-refractivity contribution in [3.63, 3.8) is 0 Å². The summed E-state index contributed by atoms with van der Waals surface area (Å²) in [6, 6.07) is 14.2. The number of aromatic nitrogens is 8. The van der Waals surface area contributed by atoms with Crippen LogP contribution in [0.4, 0.5) is 70.3 Å². The number of aryl methyl sites for hydroxylation is 2. The molecule has 22 heteroatoms. The lowest BCUT2D eigenvalue weighted by molar-refractivity contribution is -0.138. The first-order chi connectivity index (χ1) is 31.7. The number of fused-ring (bicyclic) bond motifs is 2. The van der Waals surface area contributed by atoms with Crippen LogP contribution in [0.15, 0.2) is 85.5 Å². The Morgan fingerprint density at radius 3 is 1.52 bits per heavy atom. The minimum Gasteiger partial charge on any atom is -0.383 e. The Labute approximate surface area is 377 Å². The number of nitrogen functional groups attached to an aromatic ring is 2. The standard InChI is InChI=1S/C23H21F4N7O.C22H21F2N7O/c1-11(2)34-21-18(20(28)29-10-30-21)19(33-34)13-5-7-17(16(24)8-13)32-22(35)31-14-6-4-12(3)15(9-14)23(25,26)27;1-11(2)31-21-18(20(25)26-10-27-21)19(30-31)13-5-7-16(15(24)9-13)28-22(32)29-17-8-12(3)4-6-14(17)23/h4-11H,1-3H3,(H2,28,29,30)(H2,31,32,35);4-11H,1-3H3,(H2,25,26,27)(H2,28,29,32). The van der Waals surface area contributed by atoms with E-state index in [0.717, 1.165) is 11.6 Å². The smallest absolute Gasteiger partial charge is 0.383 e. The minimum absolute atomic E-state index is 0.000647. The number of urea groups is 2. The van der Waals surface area contributed by atoms with E-state index in [1.54, 1.807) is 28.4 Å². The Morgan fingerprint density at radius 1 is 0.582 bits per heavy atom. The Hall–Kier alpha value is -8.30. The number of carbonyl (C=O) groups is 2. The van der Waals surface area contributed by atoms with Gasteiger partial charge >= 0.3 is 18.2 Å². The highest BCUT2D eigenvalue weighted by atomic mass is 19.4. The van der Waals surface area contributed by atoms with Gasteiger partial charge in [0.15, 0.2) is 11.3 Å². The summed E-state index contributed by atoms with van der Waals surface area (Å²) in [7, 11) is 0. The molecule has 8 rings (SSSR count). The summed E-state index contributed by atoms with van der Waals surface area (Å²) in [6.07, 6.45) is -1.90. The number of amides is 4. The molecule has 0 aliphatic heterocycles. The number of halogens is 6. The van der Waals surface area contributed by atoms with Crippen LogP contribution in [0.3, 0.4) is 0 Å². The van der Waals surface area contributed by atoms with E-state index >= 15 is 0 Å². The molecule has 346 valence electrons. The van der Waals surface area contributed by atoms with E-state index in [4.69, 9.17) is 11.5 Å². The number of carbonyl (C=O) groups excluding carboxylic acids is 2. The third-order valence-corrected chi connectivity index (χ3v) is 10.2. The Bertz CT molecular complexity index is 3190. The quantitative estimate of drug-likeness (QED) is 0.0791. The van der Waals surface area contributed by atoms with Gasteiger partial charge in [0.2, 0.25) is 0 Å². The molecule has 8 aromatic rings. The molecule has 0 radical (unpaired) electrons. The second kappa shape index (κ2) is 18.7. The summed E-state index contributed by atoms with van der Waals surface area (Å²) < 4.78 is 86.3. The predicted molar refractivity (Wildman–Crippen MR) is 244 cm³/mol. The lowest BCUT2D eigenvalue weighted by Gasteiger charge is -2.13. The van der Waals surface area contributed by atoms with Gasteiger partial charge in [-0.2, -0.15) is 23.4 Å². The molecule has 4 aromatic carbocycles. The maximum Gasteiger partial charge on any atom is 0.416 e. The summed E-state index contributed by atoms with van der Waals surface area (Å²) in [4.78, 5) is 41.1. The molecule has 8 N–H and O–H groups in total. The summed E-state index contributed by atoms with van der Waals surface area (Å²) in [5, 5.41) is 19.4. The fourth-order valence-electron chi connectivity index (χ4n) is 6.94. The molecule has 0 spiro atoms. The van der Waals surface area contributed by atoms with Crippen molar-refractivity contribution in [1.82, 2.24) is 39.5 Å². The highest BCUT2D eigenvalue weighted by molar-refractivity contribution is 6.02. The van der Waals surface area contributed by atoms with Crippen LogP contribution < -0.4 is 32.7 Å². The molecular weight excluding hydrogens is 883 g/mol. The van der Waals surface area contributed by atoms with E-state index in [2.05, 4.69) is 51.4 Å². The Kier molecular flexibility index (Phi) is 13.0. The molecule has 16 nitrogen and oxygen atoms in total. The van der Waals surface area contributed by atoms with Gasteiger partial charge in [0.1, 0.15) is 53.1 Å². The van der Waals surface area contributed by atoms with E-state index in [0.29, 0.717) is 44.6 Å². The fraction of sp³-hybridized carbons (Fsp3) is 0.200. The van der Waals surface area contributed by atoms with Gasteiger partial charge < -0.3 is 32.7 Å². The van der Waals surface area contributed by atoms with Gasteiger partial charge in [-0.1, -0.05) is 24.3 Å². The molecule has 0 saturated carbocycles. The summed E-state index contributed by atoms with van der Waals surface area (Å²) in [5.74, 6) is -1.63. The number of rotatable bonds is 8. The van der Waals surface area contributed by atoms with Gasteiger partial charge in [-0.25, -0.2) is 52.1 Å². The van der Waals surface area contributed by atoms with E-state index < -0.39 is 41.3 Å². The fourth-order valence-corrected chi connectivity index (χ4v) is 6.94. The third kappa shape index (κ3) is 10.0.